The summed E-state index contributed by atoms with van der Waals surface area (Å²) in [4.78, 5) is 0. The second-order valence-corrected chi connectivity index (χ2v) is 6.08. The molecule has 0 spiro atoms. The third-order valence-electron chi connectivity index (χ3n) is 4.07. The normalized spacial score (nSPS) is 19.8. The van der Waals surface area contributed by atoms with Gasteiger partial charge in [0.25, 0.3) is 0 Å². The lowest BCUT2D eigenvalue weighted by Crippen LogP contribution is -2.41. The Morgan fingerprint density at radius 2 is 1.75 bits per heavy atom. The summed E-state index contributed by atoms with van der Waals surface area (Å²) in [5.74, 6) is 5.75. The molecule has 0 saturated carbocycles. The number of nitrogens with two attached hydrogens (primary N) is 1. The van der Waals surface area contributed by atoms with Gasteiger partial charge >= 0.3 is 7.12 Å². The molecule has 0 atom stereocenters. The SMILES string of the molecule is CN(N)c1ccc(C#N)c(B2OC(C)(C)C(C)(C)O2)c1. The van der Waals surface area contributed by atoms with Crippen LogP contribution in [0.25, 0.3) is 0 Å². The van der Waals surface area contributed by atoms with Crippen LogP contribution in [0.4, 0.5) is 5.69 Å². The Balaban J connectivity index is 2.43. The third-order valence-corrected chi connectivity index (χ3v) is 4.07. The van der Waals surface area contributed by atoms with Crippen LogP contribution in [-0.2, 0) is 9.31 Å². The topological polar surface area (TPSA) is 71.5 Å². The first-order chi connectivity index (χ1) is 9.18. The molecule has 6 heteroatoms. The molecule has 2 N–H and O–H groups in total. The van der Waals surface area contributed by atoms with Crippen molar-refractivity contribution >= 4 is 18.3 Å². The molecule has 1 saturated heterocycles. The summed E-state index contributed by atoms with van der Waals surface area (Å²) in [5, 5.41) is 10.8. The average molecular weight is 273 g/mol. The van der Waals surface area contributed by atoms with Gasteiger partial charge in [-0.15, -0.1) is 0 Å². The van der Waals surface area contributed by atoms with Crippen molar-refractivity contribution in [1.82, 2.24) is 0 Å². The molecular weight excluding hydrogens is 253 g/mol. The Hall–Kier alpha value is -1.55. The maximum Gasteiger partial charge on any atom is 0.496 e. The Kier molecular flexibility index (Phi) is 3.55. The molecule has 0 unspecified atom stereocenters. The van der Waals surface area contributed by atoms with Crippen LogP contribution >= 0.6 is 0 Å². The van der Waals surface area contributed by atoms with Crippen molar-refractivity contribution in [3.05, 3.63) is 23.8 Å². The molecule has 20 heavy (non-hydrogen) atoms. The molecule has 0 aliphatic carbocycles. The fourth-order valence-corrected chi connectivity index (χ4v) is 2.04. The molecule has 2 rings (SSSR count). The molecule has 1 aromatic carbocycles. The van der Waals surface area contributed by atoms with Gasteiger partial charge in [-0.1, -0.05) is 0 Å². The molecule has 0 radical (unpaired) electrons. The summed E-state index contributed by atoms with van der Waals surface area (Å²) in [5.41, 5.74) is 1.17. The minimum atomic E-state index is -0.561. The average Bonchev–Trinajstić information content (AvgIpc) is 2.57. The van der Waals surface area contributed by atoms with E-state index in [4.69, 9.17) is 15.2 Å². The van der Waals surface area contributed by atoms with Crippen LogP contribution in [0.15, 0.2) is 18.2 Å². The van der Waals surface area contributed by atoms with Crippen LogP contribution < -0.4 is 16.3 Å². The van der Waals surface area contributed by atoms with Crippen molar-refractivity contribution in [2.75, 3.05) is 12.1 Å². The van der Waals surface area contributed by atoms with E-state index < -0.39 is 18.3 Å². The van der Waals surface area contributed by atoms with E-state index in [2.05, 4.69) is 6.07 Å². The van der Waals surface area contributed by atoms with Crippen molar-refractivity contribution in [2.45, 2.75) is 38.9 Å². The third kappa shape index (κ3) is 2.40. The predicted octanol–water partition coefficient (Wildman–Crippen LogP) is 1.17. The summed E-state index contributed by atoms with van der Waals surface area (Å²) >= 11 is 0. The van der Waals surface area contributed by atoms with Gasteiger partial charge in [-0.05, 0) is 45.9 Å². The van der Waals surface area contributed by atoms with Crippen LogP contribution in [0, 0.1) is 11.3 Å². The Morgan fingerprint density at radius 3 is 2.20 bits per heavy atom. The van der Waals surface area contributed by atoms with Gasteiger partial charge in [0.15, 0.2) is 0 Å². The standard InChI is InChI=1S/C14H20BN3O2/c1-13(2)14(3,4)20-15(19-13)12-8-11(18(5)17)7-6-10(12)9-16/h6-8H,17H2,1-5H3. The number of hydrogen-bond acceptors (Lipinski definition) is 5. The van der Waals surface area contributed by atoms with E-state index in [-0.39, 0.29) is 0 Å². The van der Waals surface area contributed by atoms with E-state index in [9.17, 15) is 5.26 Å². The van der Waals surface area contributed by atoms with Crippen molar-refractivity contribution in [3.63, 3.8) is 0 Å². The molecular formula is C14H20BN3O2. The van der Waals surface area contributed by atoms with Crippen LogP contribution in [0.1, 0.15) is 33.3 Å². The van der Waals surface area contributed by atoms with E-state index in [1.165, 1.54) is 5.01 Å². The van der Waals surface area contributed by atoms with E-state index in [0.29, 0.717) is 11.0 Å². The van der Waals surface area contributed by atoms with Gasteiger partial charge in [-0.2, -0.15) is 5.26 Å². The van der Waals surface area contributed by atoms with Gasteiger partial charge in [0, 0.05) is 12.5 Å². The van der Waals surface area contributed by atoms with E-state index in [1.54, 1.807) is 19.2 Å². The Labute approximate surface area is 120 Å². The highest BCUT2D eigenvalue weighted by atomic mass is 16.7. The smallest absolute Gasteiger partial charge is 0.399 e. The molecule has 0 amide bonds. The molecule has 106 valence electrons. The summed E-state index contributed by atoms with van der Waals surface area (Å²) in [6.07, 6.45) is 0. The van der Waals surface area contributed by atoms with Gasteiger partial charge in [0.1, 0.15) is 0 Å². The lowest BCUT2D eigenvalue weighted by molar-refractivity contribution is 0.00578. The summed E-state index contributed by atoms with van der Waals surface area (Å²) in [7, 11) is 1.18. The summed E-state index contributed by atoms with van der Waals surface area (Å²) in [6, 6.07) is 7.54. The highest BCUT2D eigenvalue weighted by molar-refractivity contribution is 6.63. The number of nitrogens with zero attached hydrogens (tertiary/aromatic N) is 2. The molecule has 1 aromatic rings. The monoisotopic (exact) mass is 273 g/mol. The molecule has 1 aliphatic heterocycles. The first-order valence-electron chi connectivity index (χ1n) is 6.56. The lowest BCUT2D eigenvalue weighted by atomic mass is 9.76. The number of benzene rings is 1. The number of anilines is 1. The van der Waals surface area contributed by atoms with Crippen LogP contribution in [0.5, 0.6) is 0 Å². The maximum atomic E-state index is 9.26. The quantitative estimate of drug-likeness (QED) is 0.497. The van der Waals surface area contributed by atoms with E-state index in [0.717, 1.165) is 5.69 Å². The highest BCUT2D eigenvalue weighted by Crippen LogP contribution is 2.36. The van der Waals surface area contributed by atoms with Gasteiger partial charge in [0.05, 0.1) is 28.5 Å². The van der Waals surface area contributed by atoms with Crippen LogP contribution in [0.3, 0.4) is 0 Å². The van der Waals surface area contributed by atoms with E-state index >= 15 is 0 Å². The van der Waals surface area contributed by atoms with Crippen molar-refractivity contribution in [1.29, 1.82) is 5.26 Å². The maximum absolute atomic E-state index is 9.26. The Bertz CT molecular complexity index is 548. The fraction of sp³-hybridized carbons (Fsp3) is 0.500. The minimum absolute atomic E-state index is 0.436. The van der Waals surface area contributed by atoms with Crippen molar-refractivity contribution < 1.29 is 9.31 Å². The molecule has 0 aromatic heterocycles. The van der Waals surface area contributed by atoms with Gasteiger partial charge in [0.2, 0.25) is 0 Å². The molecule has 1 aliphatic rings. The second kappa shape index (κ2) is 4.78. The van der Waals surface area contributed by atoms with Gasteiger partial charge in [-0.25, -0.2) is 5.84 Å². The summed E-state index contributed by atoms with van der Waals surface area (Å²) < 4.78 is 12.0. The number of hydrogen-bond donors (Lipinski definition) is 1. The van der Waals surface area contributed by atoms with Crippen molar-refractivity contribution in [2.24, 2.45) is 5.84 Å². The first kappa shape index (κ1) is 14.9. The van der Waals surface area contributed by atoms with Crippen LogP contribution in [0.2, 0.25) is 0 Å². The zero-order valence-corrected chi connectivity index (χ0v) is 12.6. The molecule has 5 nitrogen and oxygen atoms in total. The predicted molar refractivity (Wildman–Crippen MR) is 79.5 cm³/mol. The molecule has 1 heterocycles. The highest BCUT2D eigenvalue weighted by Gasteiger charge is 2.52. The summed E-state index contributed by atoms with van der Waals surface area (Å²) in [6.45, 7) is 7.94. The zero-order valence-electron chi connectivity index (χ0n) is 12.6. The molecule has 1 fully saturated rings. The first-order valence-corrected chi connectivity index (χ1v) is 6.56. The minimum Gasteiger partial charge on any atom is -0.399 e. The largest absolute Gasteiger partial charge is 0.496 e. The second-order valence-electron chi connectivity index (χ2n) is 6.08. The zero-order chi connectivity index (χ0) is 15.1. The van der Waals surface area contributed by atoms with Gasteiger partial charge < -0.3 is 14.3 Å². The van der Waals surface area contributed by atoms with Crippen LogP contribution in [-0.4, -0.2) is 25.4 Å². The van der Waals surface area contributed by atoms with Crippen molar-refractivity contribution in [3.8, 4) is 6.07 Å². The van der Waals surface area contributed by atoms with Gasteiger partial charge in [-0.3, -0.25) is 0 Å². The number of nitriles is 1. The number of hydrazine groups is 1. The number of rotatable bonds is 2. The fourth-order valence-electron chi connectivity index (χ4n) is 2.04. The molecule has 0 bridgehead atoms. The van der Waals surface area contributed by atoms with E-state index in [1.807, 2.05) is 33.8 Å². The lowest BCUT2D eigenvalue weighted by Gasteiger charge is -2.32. The Morgan fingerprint density at radius 1 is 1.20 bits per heavy atom.